The lowest BCUT2D eigenvalue weighted by atomic mass is 10.1. The van der Waals surface area contributed by atoms with Gasteiger partial charge in [-0.05, 0) is 58.7 Å². The van der Waals surface area contributed by atoms with Crippen molar-refractivity contribution in [2.24, 2.45) is 0 Å². The van der Waals surface area contributed by atoms with Crippen molar-refractivity contribution in [3.8, 4) is 0 Å². The largest absolute Gasteiger partial charge is 0.312 e. The standard InChI is InChI=1S/C15H12BrCl2F2N/c16-12-3-4-14(19)11(15(12)20)8-21-6-5-9-1-2-10(17)7-13(9)18/h1-4,7,21H,5-6,8H2. The maximum atomic E-state index is 13.8. The Hall–Kier alpha value is -0.680. The van der Waals surface area contributed by atoms with Gasteiger partial charge < -0.3 is 5.32 Å². The maximum Gasteiger partial charge on any atom is 0.144 e. The van der Waals surface area contributed by atoms with Crippen LogP contribution in [0.3, 0.4) is 0 Å². The number of hydrogen-bond acceptors (Lipinski definition) is 1. The van der Waals surface area contributed by atoms with Gasteiger partial charge in [0.2, 0.25) is 0 Å². The van der Waals surface area contributed by atoms with Gasteiger partial charge in [-0.25, -0.2) is 8.78 Å². The van der Waals surface area contributed by atoms with Crippen LogP contribution in [0.25, 0.3) is 0 Å². The quantitative estimate of drug-likeness (QED) is 0.531. The van der Waals surface area contributed by atoms with Gasteiger partial charge in [-0.15, -0.1) is 0 Å². The van der Waals surface area contributed by atoms with E-state index >= 15 is 0 Å². The third-order valence-corrected chi connectivity index (χ3v) is 4.23. The summed E-state index contributed by atoms with van der Waals surface area (Å²) in [5.41, 5.74) is 0.954. The molecule has 0 fully saturated rings. The SMILES string of the molecule is Fc1ccc(Br)c(F)c1CNCCc1ccc(Cl)cc1Cl. The summed E-state index contributed by atoms with van der Waals surface area (Å²) >= 11 is 14.9. The lowest BCUT2D eigenvalue weighted by Crippen LogP contribution is -2.18. The first-order chi connectivity index (χ1) is 9.99. The third kappa shape index (κ3) is 4.39. The molecule has 112 valence electrons. The predicted molar refractivity (Wildman–Crippen MR) is 85.9 cm³/mol. The Kier molecular flexibility index (Phi) is 5.99. The van der Waals surface area contributed by atoms with E-state index in [-0.39, 0.29) is 16.6 Å². The summed E-state index contributed by atoms with van der Waals surface area (Å²) in [5.74, 6) is -1.14. The van der Waals surface area contributed by atoms with Gasteiger partial charge in [0.15, 0.2) is 0 Å². The number of nitrogens with one attached hydrogen (secondary N) is 1. The smallest absolute Gasteiger partial charge is 0.144 e. The number of hydrogen-bond donors (Lipinski definition) is 1. The Morgan fingerprint density at radius 3 is 2.57 bits per heavy atom. The summed E-state index contributed by atoms with van der Waals surface area (Å²) in [4.78, 5) is 0. The lowest BCUT2D eigenvalue weighted by molar-refractivity contribution is 0.532. The molecule has 0 unspecified atom stereocenters. The van der Waals surface area contributed by atoms with Crippen LogP contribution >= 0.6 is 39.1 Å². The van der Waals surface area contributed by atoms with Crippen LogP contribution in [0.5, 0.6) is 0 Å². The molecule has 0 saturated heterocycles. The first-order valence-corrected chi connectivity index (χ1v) is 7.81. The van der Waals surface area contributed by atoms with E-state index in [2.05, 4.69) is 21.2 Å². The van der Waals surface area contributed by atoms with Crippen LogP contribution in [0.4, 0.5) is 8.78 Å². The molecule has 2 aromatic rings. The molecule has 2 rings (SSSR count). The van der Waals surface area contributed by atoms with Crippen molar-refractivity contribution in [1.82, 2.24) is 5.32 Å². The van der Waals surface area contributed by atoms with E-state index in [9.17, 15) is 8.78 Å². The van der Waals surface area contributed by atoms with Crippen LogP contribution in [0.1, 0.15) is 11.1 Å². The fourth-order valence-corrected chi connectivity index (χ4v) is 2.77. The highest BCUT2D eigenvalue weighted by atomic mass is 79.9. The van der Waals surface area contributed by atoms with Gasteiger partial charge in [0.25, 0.3) is 0 Å². The molecule has 0 aliphatic heterocycles. The van der Waals surface area contributed by atoms with Crippen molar-refractivity contribution in [1.29, 1.82) is 0 Å². The highest BCUT2D eigenvalue weighted by molar-refractivity contribution is 9.10. The summed E-state index contributed by atoms with van der Waals surface area (Å²) in [7, 11) is 0. The summed E-state index contributed by atoms with van der Waals surface area (Å²) < 4.78 is 27.6. The molecule has 0 heterocycles. The normalized spacial score (nSPS) is 10.9. The minimum absolute atomic E-state index is 0.0200. The maximum absolute atomic E-state index is 13.8. The highest BCUT2D eigenvalue weighted by Gasteiger charge is 2.11. The molecule has 0 atom stereocenters. The van der Waals surface area contributed by atoms with Gasteiger partial charge in [0, 0.05) is 22.2 Å². The fourth-order valence-electron chi connectivity index (χ4n) is 1.89. The van der Waals surface area contributed by atoms with Gasteiger partial charge in [0.05, 0.1) is 4.47 Å². The minimum Gasteiger partial charge on any atom is -0.312 e. The van der Waals surface area contributed by atoms with Gasteiger partial charge in [-0.2, -0.15) is 0 Å². The molecule has 0 spiro atoms. The summed E-state index contributed by atoms with van der Waals surface area (Å²) in [6, 6.07) is 7.86. The first-order valence-electron chi connectivity index (χ1n) is 6.26. The molecule has 0 amide bonds. The van der Waals surface area contributed by atoms with Crippen LogP contribution in [0.15, 0.2) is 34.8 Å². The zero-order valence-electron chi connectivity index (χ0n) is 10.9. The number of halogens is 5. The second-order valence-corrected chi connectivity index (χ2v) is 6.18. The summed E-state index contributed by atoms with van der Waals surface area (Å²) in [6.07, 6.45) is 0.646. The van der Waals surface area contributed by atoms with Crippen LogP contribution in [-0.4, -0.2) is 6.54 Å². The number of benzene rings is 2. The van der Waals surface area contributed by atoms with Gasteiger partial charge in [0.1, 0.15) is 11.6 Å². The van der Waals surface area contributed by atoms with Crippen molar-refractivity contribution >= 4 is 39.1 Å². The molecule has 6 heteroatoms. The Labute approximate surface area is 140 Å². The van der Waals surface area contributed by atoms with E-state index < -0.39 is 11.6 Å². The van der Waals surface area contributed by atoms with E-state index in [0.717, 1.165) is 5.56 Å². The fraction of sp³-hybridized carbons (Fsp3) is 0.200. The Bertz CT molecular complexity index is 650. The molecule has 0 saturated carbocycles. The van der Waals surface area contributed by atoms with E-state index in [0.29, 0.717) is 23.0 Å². The molecule has 21 heavy (non-hydrogen) atoms. The average molecular weight is 395 g/mol. The molecule has 1 N–H and O–H groups in total. The monoisotopic (exact) mass is 393 g/mol. The Morgan fingerprint density at radius 2 is 1.86 bits per heavy atom. The van der Waals surface area contributed by atoms with Crippen LogP contribution < -0.4 is 5.32 Å². The van der Waals surface area contributed by atoms with Gasteiger partial charge >= 0.3 is 0 Å². The molecule has 0 radical (unpaired) electrons. The Balaban J connectivity index is 1.92. The third-order valence-electron chi connectivity index (χ3n) is 3.03. The molecule has 0 aromatic heterocycles. The van der Waals surface area contributed by atoms with Gasteiger partial charge in [-0.1, -0.05) is 29.3 Å². The van der Waals surface area contributed by atoms with Gasteiger partial charge in [-0.3, -0.25) is 0 Å². The van der Waals surface area contributed by atoms with Crippen LogP contribution in [0, 0.1) is 11.6 Å². The molecular formula is C15H12BrCl2F2N. The topological polar surface area (TPSA) is 12.0 Å². The van der Waals surface area contributed by atoms with Crippen LogP contribution in [0.2, 0.25) is 10.0 Å². The summed E-state index contributed by atoms with van der Waals surface area (Å²) in [5, 5.41) is 4.17. The van der Waals surface area contributed by atoms with Crippen molar-refractivity contribution in [3.63, 3.8) is 0 Å². The molecule has 2 aromatic carbocycles. The zero-order chi connectivity index (χ0) is 15.4. The lowest BCUT2D eigenvalue weighted by Gasteiger charge is -2.09. The first kappa shape index (κ1) is 16.7. The molecule has 0 bridgehead atoms. The molecule has 0 aliphatic rings. The second-order valence-electron chi connectivity index (χ2n) is 4.48. The van der Waals surface area contributed by atoms with Crippen molar-refractivity contribution in [3.05, 3.63) is 67.6 Å². The Morgan fingerprint density at radius 1 is 1.10 bits per heavy atom. The second kappa shape index (κ2) is 7.54. The zero-order valence-corrected chi connectivity index (χ0v) is 14.0. The van der Waals surface area contributed by atoms with E-state index in [1.807, 2.05) is 6.07 Å². The molecular weight excluding hydrogens is 383 g/mol. The average Bonchev–Trinajstić information content (AvgIpc) is 2.44. The van der Waals surface area contributed by atoms with Crippen molar-refractivity contribution < 1.29 is 8.78 Å². The van der Waals surface area contributed by atoms with E-state index in [1.165, 1.54) is 12.1 Å². The molecule has 0 aliphatic carbocycles. The minimum atomic E-state index is -0.577. The van der Waals surface area contributed by atoms with Crippen molar-refractivity contribution in [2.45, 2.75) is 13.0 Å². The summed E-state index contributed by atoms with van der Waals surface area (Å²) in [6.45, 7) is 0.662. The van der Waals surface area contributed by atoms with Crippen molar-refractivity contribution in [2.75, 3.05) is 6.54 Å². The highest BCUT2D eigenvalue weighted by Crippen LogP contribution is 2.22. The van der Waals surface area contributed by atoms with Crippen LogP contribution in [-0.2, 0) is 13.0 Å². The van der Waals surface area contributed by atoms with E-state index in [4.69, 9.17) is 23.2 Å². The molecule has 1 nitrogen and oxygen atoms in total. The number of rotatable bonds is 5. The predicted octanol–water partition coefficient (Wildman–Crippen LogP) is 5.37. The van der Waals surface area contributed by atoms with E-state index in [1.54, 1.807) is 12.1 Å².